The lowest BCUT2D eigenvalue weighted by Gasteiger charge is -2.20. The topological polar surface area (TPSA) is 12.0 Å². The van der Waals surface area contributed by atoms with Crippen molar-refractivity contribution in [1.82, 2.24) is 5.32 Å². The molecular weight excluding hydrogens is 256 g/mol. The average molecular weight is 275 g/mol. The summed E-state index contributed by atoms with van der Waals surface area (Å²) in [6.07, 6.45) is 0.291. The lowest BCUT2D eigenvalue weighted by atomic mass is 9.93. The van der Waals surface area contributed by atoms with Crippen LogP contribution in [0.4, 0.5) is 8.78 Å². The van der Waals surface area contributed by atoms with E-state index in [2.05, 4.69) is 11.4 Å². The van der Waals surface area contributed by atoms with E-state index >= 15 is 0 Å². The van der Waals surface area contributed by atoms with Gasteiger partial charge in [-0.2, -0.15) is 0 Å². The maximum Gasteiger partial charge on any atom is 0.129 e. The van der Waals surface area contributed by atoms with Gasteiger partial charge in [-0.15, -0.1) is 0 Å². The smallest absolute Gasteiger partial charge is 0.129 e. The Bertz CT molecular complexity index is 588. The van der Waals surface area contributed by atoms with Crippen LogP contribution in [-0.4, -0.2) is 7.05 Å². The minimum atomic E-state index is -0.490. The highest BCUT2D eigenvalue weighted by Crippen LogP contribution is 2.25. The summed E-state index contributed by atoms with van der Waals surface area (Å²) in [6.45, 7) is 4.02. The SMILES string of the molecule is CNC(Cc1c(F)cccc1F)c1cc(C)ccc1C. The molecule has 0 heterocycles. The van der Waals surface area contributed by atoms with Gasteiger partial charge in [-0.25, -0.2) is 8.78 Å². The number of hydrogen-bond donors (Lipinski definition) is 1. The van der Waals surface area contributed by atoms with Crippen LogP contribution in [0, 0.1) is 25.5 Å². The fraction of sp³-hybridized carbons (Fsp3) is 0.294. The predicted octanol–water partition coefficient (Wildman–Crippen LogP) is 4.08. The Hall–Kier alpha value is -1.74. The normalized spacial score (nSPS) is 12.4. The molecule has 20 heavy (non-hydrogen) atoms. The second kappa shape index (κ2) is 6.14. The molecular formula is C17H19F2N. The van der Waals surface area contributed by atoms with Crippen molar-refractivity contribution < 1.29 is 8.78 Å². The van der Waals surface area contributed by atoms with Crippen LogP contribution in [-0.2, 0) is 6.42 Å². The molecule has 1 nitrogen and oxygen atoms in total. The van der Waals surface area contributed by atoms with Gasteiger partial charge in [0.2, 0.25) is 0 Å². The number of aryl methyl sites for hydroxylation is 2. The Kier molecular flexibility index (Phi) is 4.50. The third-order valence-corrected chi connectivity index (χ3v) is 3.63. The van der Waals surface area contributed by atoms with Crippen LogP contribution in [0.2, 0.25) is 0 Å². The van der Waals surface area contributed by atoms with Crippen LogP contribution >= 0.6 is 0 Å². The number of halogens is 2. The summed E-state index contributed by atoms with van der Waals surface area (Å²) in [7, 11) is 1.81. The Morgan fingerprint density at radius 3 is 2.30 bits per heavy atom. The molecule has 1 unspecified atom stereocenters. The van der Waals surface area contributed by atoms with E-state index in [0.29, 0.717) is 6.42 Å². The summed E-state index contributed by atoms with van der Waals surface area (Å²) < 4.78 is 27.5. The van der Waals surface area contributed by atoms with Gasteiger partial charge in [0.15, 0.2) is 0 Å². The molecule has 2 aromatic carbocycles. The molecule has 0 bridgehead atoms. The maximum atomic E-state index is 13.8. The molecule has 3 heteroatoms. The Morgan fingerprint density at radius 1 is 1.05 bits per heavy atom. The van der Waals surface area contributed by atoms with Crippen LogP contribution in [0.25, 0.3) is 0 Å². The number of rotatable bonds is 4. The molecule has 0 saturated carbocycles. The number of nitrogens with one attached hydrogen (secondary N) is 1. The van der Waals surface area contributed by atoms with Crippen molar-refractivity contribution in [1.29, 1.82) is 0 Å². The van der Waals surface area contributed by atoms with Crippen LogP contribution < -0.4 is 5.32 Å². The highest BCUT2D eigenvalue weighted by Gasteiger charge is 2.17. The van der Waals surface area contributed by atoms with Gasteiger partial charge in [-0.3, -0.25) is 0 Å². The zero-order valence-corrected chi connectivity index (χ0v) is 12.0. The highest BCUT2D eigenvalue weighted by atomic mass is 19.1. The first-order valence-corrected chi connectivity index (χ1v) is 6.70. The minimum absolute atomic E-state index is 0.110. The Balaban J connectivity index is 2.36. The Morgan fingerprint density at radius 2 is 1.70 bits per heavy atom. The molecule has 2 rings (SSSR count). The molecule has 2 aromatic rings. The van der Waals surface area contributed by atoms with Crippen LogP contribution in [0.3, 0.4) is 0 Å². The first kappa shape index (κ1) is 14.7. The molecule has 0 aliphatic rings. The maximum absolute atomic E-state index is 13.8. The molecule has 0 spiro atoms. The summed E-state index contributed by atoms with van der Waals surface area (Å²) >= 11 is 0. The third kappa shape index (κ3) is 3.05. The molecule has 0 aliphatic carbocycles. The zero-order valence-electron chi connectivity index (χ0n) is 12.0. The van der Waals surface area contributed by atoms with Gasteiger partial charge in [-0.05, 0) is 50.6 Å². The second-order valence-corrected chi connectivity index (χ2v) is 5.11. The van der Waals surface area contributed by atoms with E-state index in [1.807, 2.05) is 33.0 Å². The summed E-state index contributed by atoms with van der Waals surface area (Å²) in [4.78, 5) is 0. The molecule has 0 radical (unpaired) electrons. The summed E-state index contributed by atoms with van der Waals surface area (Å²) in [5.41, 5.74) is 3.47. The van der Waals surface area contributed by atoms with Crippen molar-refractivity contribution in [3.63, 3.8) is 0 Å². The summed E-state index contributed by atoms with van der Waals surface area (Å²) in [6, 6.07) is 10.0. The number of likely N-dealkylation sites (N-methyl/N-ethyl adjacent to an activating group) is 1. The first-order chi connectivity index (χ1) is 9.52. The first-order valence-electron chi connectivity index (χ1n) is 6.70. The van der Waals surface area contributed by atoms with Gasteiger partial charge in [-0.1, -0.05) is 29.8 Å². The lowest BCUT2D eigenvalue weighted by Crippen LogP contribution is -2.21. The predicted molar refractivity (Wildman–Crippen MR) is 77.8 cm³/mol. The van der Waals surface area contributed by atoms with E-state index in [1.165, 1.54) is 18.2 Å². The molecule has 0 aliphatic heterocycles. The van der Waals surface area contributed by atoms with Crippen LogP contribution in [0.15, 0.2) is 36.4 Å². The number of hydrogen-bond acceptors (Lipinski definition) is 1. The fourth-order valence-corrected chi connectivity index (χ4v) is 2.43. The van der Waals surface area contributed by atoms with E-state index in [-0.39, 0.29) is 11.6 Å². The van der Waals surface area contributed by atoms with Gasteiger partial charge in [0.1, 0.15) is 11.6 Å². The largest absolute Gasteiger partial charge is 0.313 e. The molecule has 0 saturated heterocycles. The van der Waals surface area contributed by atoms with Gasteiger partial charge < -0.3 is 5.32 Å². The fourth-order valence-electron chi connectivity index (χ4n) is 2.43. The van der Waals surface area contributed by atoms with Gasteiger partial charge in [0.25, 0.3) is 0 Å². The van der Waals surface area contributed by atoms with Gasteiger partial charge >= 0.3 is 0 Å². The van der Waals surface area contributed by atoms with Crippen LogP contribution in [0.1, 0.15) is 28.3 Å². The van der Waals surface area contributed by atoms with E-state index in [1.54, 1.807) is 0 Å². The van der Waals surface area contributed by atoms with Crippen LogP contribution in [0.5, 0.6) is 0 Å². The highest BCUT2D eigenvalue weighted by molar-refractivity contribution is 5.34. The quantitative estimate of drug-likeness (QED) is 0.886. The van der Waals surface area contributed by atoms with E-state index in [9.17, 15) is 8.78 Å². The van der Waals surface area contributed by atoms with Crippen molar-refractivity contribution >= 4 is 0 Å². The van der Waals surface area contributed by atoms with Gasteiger partial charge in [0, 0.05) is 11.6 Å². The minimum Gasteiger partial charge on any atom is -0.313 e. The molecule has 0 amide bonds. The summed E-state index contributed by atoms with van der Waals surface area (Å²) in [5, 5.41) is 3.16. The van der Waals surface area contributed by atoms with Crippen molar-refractivity contribution in [3.8, 4) is 0 Å². The van der Waals surface area contributed by atoms with Crippen molar-refractivity contribution in [3.05, 3.63) is 70.3 Å². The molecule has 1 atom stereocenters. The molecule has 1 N–H and O–H groups in total. The Labute approximate surface area is 118 Å². The van der Waals surface area contributed by atoms with E-state index in [0.717, 1.165) is 16.7 Å². The monoisotopic (exact) mass is 275 g/mol. The van der Waals surface area contributed by atoms with E-state index < -0.39 is 11.6 Å². The molecule has 106 valence electrons. The number of benzene rings is 2. The second-order valence-electron chi connectivity index (χ2n) is 5.11. The summed E-state index contributed by atoms with van der Waals surface area (Å²) in [5.74, 6) is -0.980. The van der Waals surface area contributed by atoms with Crippen molar-refractivity contribution in [2.45, 2.75) is 26.3 Å². The lowest BCUT2D eigenvalue weighted by molar-refractivity contribution is 0.514. The third-order valence-electron chi connectivity index (χ3n) is 3.63. The van der Waals surface area contributed by atoms with Crippen molar-refractivity contribution in [2.75, 3.05) is 7.05 Å². The standard InChI is InChI=1S/C17H19F2N/c1-11-7-8-12(2)13(9-11)17(20-3)10-14-15(18)5-4-6-16(14)19/h4-9,17,20H,10H2,1-3H3. The molecule has 0 aromatic heterocycles. The van der Waals surface area contributed by atoms with Crippen molar-refractivity contribution in [2.24, 2.45) is 0 Å². The van der Waals surface area contributed by atoms with Gasteiger partial charge in [0.05, 0.1) is 0 Å². The zero-order chi connectivity index (χ0) is 14.7. The average Bonchev–Trinajstić information content (AvgIpc) is 2.42. The van der Waals surface area contributed by atoms with E-state index in [4.69, 9.17) is 0 Å². The molecule has 0 fully saturated rings.